The third-order valence-electron chi connectivity index (χ3n) is 3.60. The van der Waals surface area contributed by atoms with E-state index >= 15 is 0 Å². The molecule has 98 valence electrons. The van der Waals surface area contributed by atoms with E-state index in [0.29, 0.717) is 11.7 Å². The largest absolute Gasteiger partial charge is 0.476 e. The molecule has 0 aliphatic heterocycles. The zero-order chi connectivity index (χ0) is 13.2. The Hall–Kier alpha value is -2.10. The highest BCUT2D eigenvalue weighted by molar-refractivity contribution is 5.87. The molecule has 4 nitrogen and oxygen atoms in total. The Labute approximate surface area is 111 Å². The molecule has 0 unspecified atom stereocenters. The molecule has 19 heavy (non-hydrogen) atoms. The third kappa shape index (κ3) is 2.26. The number of rotatable bonds is 3. The number of oxazole rings is 1. The maximum atomic E-state index is 11.3. The lowest BCUT2D eigenvalue weighted by Gasteiger charge is -2.04. The van der Waals surface area contributed by atoms with Crippen LogP contribution in [0.1, 0.15) is 47.8 Å². The fourth-order valence-corrected chi connectivity index (χ4v) is 2.65. The van der Waals surface area contributed by atoms with E-state index in [9.17, 15) is 9.90 Å². The van der Waals surface area contributed by atoms with Crippen LogP contribution in [-0.4, -0.2) is 16.1 Å². The normalized spacial score (nSPS) is 15.8. The van der Waals surface area contributed by atoms with Crippen LogP contribution in [0.15, 0.2) is 34.7 Å². The fraction of sp³-hybridized carbons (Fsp3) is 0.333. The van der Waals surface area contributed by atoms with E-state index in [1.165, 1.54) is 0 Å². The summed E-state index contributed by atoms with van der Waals surface area (Å²) < 4.78 is 5.75. The highest BCUT2D eigenvalue weighted by atomic mass is 16.4. The van der Waals surface area contributed by atoms with Gasteiger partial charge in [-0.25, -0.2) is 9.78 Å². The monoisotopic (exact) mass is 257 g/mol. The van der Waals surface area contributed by atoms with Crippen molar-refractivity contribution in [2.75, 3.05) is 0 Å². The molecule has 1 fully saturated rings. The molecule has 0 bridgehead atoms. The van der Waals surface area contributed by atoms with Gasteiger partial charge in [0.25, 0.3) is 0 Å². The number of carboxylic acids is 1. The number of nitrogens with zero attached hydrogens (tertiary/aromatic N) is 1. The van der Waals surface area contributed by atoms with Gasteiger partial charge in [-0.15, -0.1) is 0 Å². The summed E-state index contributed by atoms with van der Waals surface area (Å²) in [6, 6.07) is 9.42. The van der Waals surface area contributed by atoms with Gasteiger partial charge in [0, 0.05) is 11.5 Å². The average molecular weight is 257 g/mol. The lowest BCUT2D eigenvalue weighted by Crippen LogP contribution is -2.03. The summed E-state index contributed by atoms with van der Waals surface area (Å²) in [5.74, 6) is 0.146. The minimum absolute atomic E-state index is 0.0748. The summed E-state index contributed by atoms with van der Waals surface area (Å²) in [6.07, 6.45) is 4.24. The first-order valence-corrected chi connectivity index (χ1v) is 6.55. The van der Waals surface area contributed by atoms with Crippen molar-refractivity contribution in [3.8, 4) is 11.5 Å². The van der Waals surface area contributed by atoms with Gasteiger partial charge in [0.05, 0.1) is 0 Å². The third-order valence-corrected chi connectivity index (χ3v) is 3.60. The SMILES string of the molecule is O=C(O)c1nc(-c2ccccc2)oc1C1CCCC1. The molecular weight excluding hydrogens is 242 g/mol. The lowest BCUT2D eigenvalue weighted by atomic mass is 10.0. The lowest BCUT2D eigenvalue weighted by molar-refractivity contribution is 0.0688. The van der Waals surface area contributed by atoms with Crippen LogP contribution in [0, 0.1) is 0 Å². The van der Waals surface area contributed by atoms with Gasteiger partial charge in [-0.05, 0) is 25.0 Å². The molecule has 0 saturated heterocycles. The van der Waals surface area contributed by atoms with Gasteiger partial charge in [-0.1, -0.05) is 31.0 Å². The molecule has 1 aromatic carbocycles. The van der Waals surface area contributed by atoms with Crippen molar-refractivity contribution in [2.45, 2.75) is 31.6 Å². The summed E-state index contributed by atoms with van der Waals surface area (Å²) in [7, 11) is 0. The molecular formula is C15H15NO3. The highest BCUT2D eigenvalue weighted by Crippen LogP contribution is 2.37. The zero-order valence-electron chi connectivity index (χ0n) is 10.5. The van der Waals surface area contributed by atoms with Crippen LogP contribution in [0.25, 0.3) is 11.5 Å². The second kappa shape index (κ2) is 4.88. The van der Waals surface area contributed by atoms with E-state index in [1.54, 1.807) is 0 Å². The Morgan fingerprint density at radius 1 is 1.21 bits per heavy atom. The Balaban J connectivity index is 2.04. The summed E-state index contributed by atoms with van der Waals surface area (Å²) in [6.45, 7) is 0. The first kappa shape index (κ1) is 12.0. The van der Waals surface area contributed by atoms with Gasteiger partial charge in [0.1, 0.15) is 5.76 Å². The number of hydrogen-bond donors (Lipinski definition) is 1. The second-order valence-corrected chi connectivity index (χ2v) is 4.88. The molecule has 1 saturated carbocycles. The topological polar surface area (TPSA) is 63.3 Å². The summed E-state index contributed by atoms with van der Waals surface area (Å²) in [5.41, 5.74) is 0.889. The molecule has 0 radical (unpaired) electrons. The van der Waals surface area contributed by atoms with Crippen LogP contribution in [-0.2, 0) is 0 Å². The minimum atomic E-state index is -1.01. The van der Waals surface area contributed by atoms with Crippen LogP contribution < -0.4 is 0 Å². The van der Waals surface area contributed by atoms with Crippen LogP contribution >= 0.6 is 0 Å². The summed E-state index contributed by atoms with van der Waals surface area (Å²) >= 11 is 0. The highest BCUT2D eigenvalue weighted by Gasteiger charge is 2.28. The molecule has 1 heterocycles. The number of aromatic carboxylic acids is 1. The van der Waals surface area contributed by atoms with E-state index in [4.69, 9.17) is 4.42 Å². The standard InChI is InChI=1S/C15H15NO3/c17-15(18)12-13(10-6-4-5-7-10)19-14(16-12)11-8-2-1-3-9-11/h1-3,8-10H,4-7H2,(H,17,18). The maximum Gasteiger partial charge on any atom is 0.358 e. The van der Waals surface area contributed by atoms with Crippen LogP contribution in [0.3, 0.4) is 0 Å². The maximum absolute atomic E-state index is 11.3. The number of carbonyl (C=O) groups is 1. The van der Waals surface area contributed by atoms with Gasteiger partial charge < -0.3 is 9.52 Å². The van der Waals surface area contributed by atoms with Crippen molar-refractivity contribution in [2.24, 2.45) is 0 Å². The minimum Gasteiger partial charge on any atom is -0.476 e. The molecule has 1 aliphatic rings. The smallest absolute Gasteiger partial charge is 0.358 e. The summed E-state index contributed by atoms with van der Waals surface area (Å²) in [5, 5.41) is 9.26. The predicted molar refractivity (Wildman–Crippen MR) is 70.1 cm³/mol. The van der Waals surface area contributed by atoms with Crippen LogP contribution in [0.2, 0.25) is 0 Å². The number of aromatic nitrogens is 1. The molecule has 4 heteroatoms. The molecule has 0 spiro atoms. The van der Waals surface area contributed by atoms with E-state index in [2.05, 4.69) is 4.98 Å². The first-order valence-electron chi connectivity index (χ1n) is 6.55. The first-order chi connectivity index (χ1) is 9.25. The van der Waals surface area contributed by atoms with Crippen LogP contribution in [0.4, 0.5) is 0 Å². The second-order valence-electron chi connectivity index (χ2n) is 4.88. The molecule has 3 rings (SSSR count). The Kier molecular flexibility index (Phi) is 3.07. The molecule has 0 atom stereocenters. The van der Waals surface area contributed by atoms with E-state index < -0.39 is 5.97 Å². The summed E-state index contributed by atoms with van der Waals surface area (Å²) in [4.78, 5) is 15.5. The van der Waals surface area contributed by atoms with Crippen molar-refractivity contribution >= 4 is 5.97 Å². The zero-order valence-corrected chi connectivity index (χ0v) is 10.5. The number of hydrogen-bond acceptors (Lipinski definition) is 3. The fourth-order valence-electron chi connectivity index (χ4n) is 2.65. The van der Waals surface area contributed by atoms with Crippen molar-refractivity contribution in [3.05, 3.63) is 41.8 Å². The van der Waals surface area contributed by atoms with Gasteiger partial charge in [-0.2, -0.15) is 0 Å². The quantitative estimate of drug-likeness (QED) is 0.910. The number of carboxylic acid groups (broad SMARTS) is 1. The van der Waals surface area contributed by atoms with Crippen LogP contribution in [0.5, 0.6) is 0 Å². The van der Waals surface area contributed by atoms with Gasteiger partial charge in [0.2, 0.25) is 5.89 Å². The Morgan fingerprint density at radius 3 is 2.53 bits per heavy atom. The van der Waals surface area contributed by atoms with E-state index in [-0.39, 0.29) is 11.6 Å². The van der Waals surface area contributed by atoms with Crippen molar-refractivity contribution < 1.29 is 14.3 Å². The number of benzene rings is 1. The molecule has 0 amide bonds. The molecule has 1 aliphatic carbocycles. The Morgan fingerprint density at radius 2 is 1.89 bits per heavy atom. The van der Waals surface area contributed by atoms with Crippen molar-refractivity contribution in [1.29, 1.82) is 0 Å². The van der Waals surface area contributed by atoms with Gasteiger partial charge in [-0.3, -0.25) is 0 Å². The predicted octanol–water partition coefficient (Wildman–Crippen LogP) is 3.70. The van der Waals surface area contributed by atoms with Gasteiger partial charge in [0.15, 0.2) is 5.69 Å². The Bertz CT molecular complexity index is 583. The molecule has 1 N–H and O–H groups in total. The van der Waals surface area contributed by atoms with Crippen molar-refractivity contribution in [3.63, 3.8) is 0 Å². The molecule has 2 aromatic rings. The average Bonchev–Trinajstić information content (AvgIpc) is 3.08. The van der Waals surface area contributed by atoms with Gasteiger partial charge >= 0.3 is 5.97 Å². The van der Waals surface area contributed by atoms with E-state index in [0.717, 1.165) is 31.2 Å². The molecule has 1 aromatic heterocycles. The van der Waals surface area contributed by atoms with E-state index in [1.807, 2.05) is 30.3 Å². The van der Waals surface area contributed by atoms with Crippen molar-refractivity contribution in [1.82, 2.24) is 4.98 Å².